The zero-order chi connectivity index (χ0) is 23.0. The summed E-state index contributed by atoms with van der Waals surface area (Å²) >= 11 is 0. The van der Waals surface area contributed by atoms with Crippen LogP contribution in [-0.4, -0.2) is 96.1 Å². The van der Waals surface area contributed by atoms with Gasteiger partial charge < -0.3 is 9.47 Å². The molecule has 2 fully saturated rings. The van der Waals surface area contributed by atoms with E-state index >= 15 is 0 Å². The number of amides is 3. The highest BCUT2D eigenvalue weighted by molar-refractivity contribution is 6.21. The molecule has 0 N–H and O–H groups in total. The molecule has 0 aliphatic carbocycles. The quantitative estimate of drug-likeness (QED) is 0.436. The standard InChI is InChI=1S/C21H31N6O5/c1-5-32-16(28)13-26-19(29)17-18(23(4)21(26)30)22-20-25(14(2)15(3)27(17)20)8-6-7-24-9-11-31-12-10-24/h17H,5-13H2,1-4H3/q+1. The molecule has 11 heteroatoms. The fourth-order valence-corrected chi connectivity index (χ4v) is 4.53. The number of carbonyl (C=O) groups excluding carboxylic acids is 3. The van der Waals surface area contributed by atoms with E-state index in [0.29, 0.717) is 11.8 Å². The summed E-state index contributed by atoms with van der Waals surface area (Å²) in [7, 11) is 1.58. The average Bonchev–Trinajstić information content (AvgIpc) is 3.28. The third kappa shape index (κ3) is 3.79. The normalized spacial score (nSPS) is 21.0. The van der Waals surface area contributed by atoms with Gasteiger partial charge in [0.25, 0.3) is 5.91 Å². The highest BCUT2D eigenvalue weighted by Gasteiger charge is 2.54. The SMILES string of the molecule is CCOC(=O)CN1C(=O)C2C(=Nc3n2c(C)c(C)[n+]3CCCN2CCOCC2)N(C)C1=O. The van der Waals surface area contributed by atoms with E-state index in [1.807, 2.05) is 18.4 Å². The first-order chi connectivity index (χ1) is 15.3. The molecule has 2 saturated heterocycles. The fraction of sp³-hybridized carbons (Fsp3) is 0.667. The van der Waals surface area contributed by atoms with Gasteiger partial charge >= 0.3 is 17.9 Å². The number of hydrogen-bond acceptors (Lipinski definition) is 7. The number of esters is 1. The minimum Gasteiger partial charge on any atom is -0.465 e. The minimum absolute atomic E-state index is 0.186. The first kappa shape index (κ1) is 22.4. The molecule has 0 radical (unpaired) electrons. The summed E-state index contributed by atoms with van der Waals surface area (Å²) in [5, 5.41) is 0. The van der Waals surface area contributed by atoms with Crippen molar-refractivity contribution < 1.29 is 28.4 Å². The maximum absolute atomic E-state index is 13.3. The van der Waals surface area contributed by atoms with Gasteiger partial charge in [0.05, 0.1) is 26.4 Å². The van der Waals surface area contributed by atoms with E-state index in [1.54, 1.807) is 14.0 Å². The molecule has 0 bridgehead atoms. The van der Waals surface area contributed by atoms with E-state index in [9.17, 15) is 14.4 Å². The molecular weight excluding hydrogens is 416 g/mol. The number of imidazole rings is 1. The van der Waals surface area contributed by atoms with Crippen LogP contribution in [0.25, 0.3) is 0 Å². The Hall–Kier alpha value is -2.79. The summed E-state index contributed by atoms with van der Waals surface area (Å²) in [5.41, 5.74) is 1.95. The molecule has 4 heterocycles. The van der Waals surface area contributed by atoms with Gasteiger partial charge in [0.15, 0.2) is 0 Å². The number of hydrogen-bond donors (Lipinski definition) is 0. The van der Waals surface area contributed by atoms with E-state index in [4.69, 9.17) is 14.5 Å². The lowest BCUT2D eigenvalue weighted by Gasteiger charge is -2.32. The minimum atomic E-state index is -0.763. The zero-order valence-electron chi connectivity index (χ0n) is 19.2. The van der Waals surface area contributed by atoms with E-state index < -0.39 is 30.5 Å². The van der Waals surface area contributed by atoms with Gasteiger partial charge in [-0.3, -0.25) is 19.4 Å². The van der Waals surface area contributed by atoms with Gasteiger partial charge in [0.2, 0.25) is 11.9 Å². The lowest BCUT2D eigenvalue weighted by molar-refractivity contribution is -0.689. The van der Waals surface area contributed by atoms with E-state index in [1.165, 1.54) is 4.90 Å². The molecule has 32 heavy (non-hydrogen) atoms. The molecule has 1 unspecified atom stereocenters. The van der Waals surface area contributed by atoms with Crippen molar-refractivity contribution in [3.05, 3.63) is 11.4 Å². The van der Waals surface area contributed by atoms with Crippen LogP contribution < -0.4 is 4.57 Å². The summed E-state index contributed by atoms with van der Waals surface area (Å²) in [5.74, 6) is -0.0230. The maximum Gasteiger partial charge on any atom is 0.402 e. The van der Waals surface area contributed by atoms with Gasteiger partial charge in [-0.1, -0.05) is 4.99 Å². The zero-order valence-corrected chi connectivity index (χ0v) is 19.2. The molecule has 1 aromatic heterocycles. The second-order valence-electron chi connectivity index (χ2n) is 8.24. The maximum atomic E-state index is 13.3. The molecule has 3 aliphatic rings. The average molecular weight is 448 g/mol. The lowest BCUT2D eigenvalue weighted by atomic mass is 10.1. The van der Waals surface area contributed by atoms with Crippen molar-refractivity contribution in [1.82, 2.24) is 19.3 Å². The van der Waals surface area contributed by atoms with Gasteiger partial charge in [-0.2, -0.15) is 0 Å². The second-order valence-corrected chi connectivity index (χ2v) is 8.24. The molecular formula is C21H31N6O5+. The van der Waals surface area contributed by atoms with Gasteiger partial charge in [-0.05, 0) is 27.2 Å². The number of likely N-dealkylation sites (N-methyl/N-ethyl adjacent to an activating group) is 1. The summed E-state index contributed by atoms with van der Waals surface area (Å²) in [6, 6.07) is -1.33. The van der Waals surface area contributed by atoms with Gasteiger partial charge in [-0.15, -0.1) is 0 Å². The predicted octanol–water partition coefficient (Wildman–Crippen LogP) is 0.157. The molecule has 1 atom stereocenters. The fourth-order valence-electron chi connectivity index (χ4n) is 4.53. The first-order valence-corrected chi connectivity index (χ1v) is 11.1. The third-order valence-corrected chi connectivity index (χ3v) is 6.38. The largest absolute Gasteiger partial charge is 0.465 e. The van der Waals surface area contributed by atoms with Crippen molar-refractivity contribution in [2.45, 2.75) is 39.8 Å². The monoisotopic (exact) mass is 447 g/mol. The van der Waals surface area contributed by atoms with Crippen LogP contribution >= 0.6 is 0 Å². The Balaban J connectivity index is 1.57. The number of urea groups is 1. The van der Waals surface area contributed by atoms with Crippen LogP contribution in [0.5, 0.6) is 0 Å². The van der Waals surface area contributed by atoms with Crippen molar-refractivity contribution in [3.63, 3.8) is 0 Å². The topological polar surface area (TPSA) is 101 Å². The molecule has 0 aromatic carbocycles. The van der Waals surface area contributed by atoms with Gasteiger partial charge in [-0.25, -0.2) is 18.8 Å². The molecule has 11 nitrogen and oxygen atoms in total. The van der Waals surface area contributed by atoms with Crippen LogP contribution in [0, 0.1) is 13.8 Å². The van der Waals surface area contributed by atoms with Crippen molar-refractivity contribution in [2.24, 2.45) is 4.99 Å². The molecule has 4 rings (SSSR count). The van der Waals surface area contributed by atoms with Gasteiger partial charge in [0.1, 0.15) is 17.9 Å². The number of amidine groups is 1. The van der Waals surface area contributed by atoms with Gasteiger partial charge in [0, 0.05) is 26.7 Å². The Morgan fingerprint density at radius 1 is 1.25 bits per heavy atom. The molecule has 3 aliphatic heterocycles. The summed E-state index contributed by atoms with van der Waals surface area (Å²) in [6.07, 6.45) is 0.940. The number of aromatic nitrogens is 2. The predicted molar refractivity (Wildman–Crippen MR) is 114 cm³/mol. The second kappa shape index (κ2) is 8.99. The number of aliphatic imine (C=N–C) groups is 1. The van der Waals surface area contributed by atoms with E-state index in [2.05, 4.69) is 9.47 Å². The number of nitrogens with zero attached hydrogens (tertiary/aromatic N) is 6. The summed E-state index contributed by atoms with van der Waals surface area (Å²) in [6.45, 7) is 10.6. The Morgan fingerprint density at radius 3 is 2.66 bits per heavy atom. The third-order valence-electron chi connectivity index (χ3n) is 6.38. The number of rotatable bonds is 7. The van der Waals surface area contributed by atoms with Crippen LogP contribution in [0.2, 0.25) is 0 Å². The number of morpholine rings is 1. The molecule has 3 amide bonds. The lowest BCUT2D eigenvalue weighted by Crippen LogP contribution is -2.58. The Labute approximate surface area is 187 Å². The van der Waals surface area contributed by atoms with Crippen LogP contribution in [-0.2, 0) is 25.6 Å². The van der Waals surface area contributed by atoms with Crippen LogP contribution in [0.4, 0.5) is 10.7 Å². The Morgan fingerprint density at radius 2 is 1.97 bits per heavy atom. The van der Waals surface area contributed by atoms with E-state index in [-0.39, 0.29) is 6.61 Å². The molecule has 0 spiro atoms. The smallest absolute Gasteiger partial charge is 0.402 e. The Bertz CT molecular complexity index is 964. The van der Waals surface area contributed by atoms with E-state index in [0.717, 1.165) is 62.1 Å². The number of fused-ring (bicyclic) bond motifs is 3. The summed E-state index contributed by atoms with van der Waals surface area (Å²) < 4.78 is 14.3. The number of imide groups is 1. The summed E-state index contributed by atoms with van der Waals surface area (Å²) in [4.78, 5) is 47.5. The molecule has 0 saturated carbocycles. The Kier molecular flexibility index (Phi) is 6.29. The molecule has 174 valence electrons. The van der Waals surface area contributed by atoms with Crippen LogP contribution in [0.1, 0.15) is 30.8 Å². The highest BCUT2D eigenvalue weighted by Crippen LogP contribution is 2.35. The van der Waals surface area contributed by atoms with Crippen molar-refractivity contribution in [3.8, 4) is 0 Å². The number of ether oxygens (including phenoxy) is 2. The van der Waals surface area contributed by atoms with Crippen LogP contribution in [0.15, 0.2) is 4.99 Å². The molecule has 1 aromatic rings. The van der Waals surface area contributed by atoms with Crippen molar-refractivity contribution in [2.75, 3.05) is 53.0 Å². The first-order valence-electron chi connectivity index (χ1n) is 11.1. The highest BCUT2D eigenvalue weighted by atomic mass is 16.5. The number of carbonyl (C=O) groups is 3. The van der Waals surface area contributed by atoms with Crippen molar-refractivity contribution >= 4 is 29.7 Å². The van der Waals surface area contributed by atoms with Crippen LogP contribution in [0.3, 0.4) is 0 Å². The van der Waals surface area contributed by atoms with Crippen molar-refractivity contribution in [1.29, 1.82) is 0 Å².